The van der Waals surface area contributed by atoms with Crippen molar-refractivity contribution in [1.82, 2.24) is 0 Å². The molecule has 26 heavy (non-hydrogen) atoms. The van der Waals surface area contributed by atoms with E-state index in [0.717, 1.165) is 12.0 Å². The molecular weight excluding hydrogens is 334 g/mol. The van der Waals surface area contributed by atoms with Crippen molar-refractivity contribution in [1.29, 1.82) is 0 Å². The van der Waals surface area contributed by atoms with Gasteiger partial charge in [-0.3, -0.25) is 4.79 Å². The Bertz CT molecular complexity index is 775. The van der Waals surface area contributed by atoms with E-state index in [9.17, 15) is 4.79 Å². The van der Waals surface area contributed by atoms with Crippen molar-refractivity contribution < 1.29 is 23.7 Å². The van der Waals surface area contributed by atoms with Gasteiger partial charge in [-0.2, -0.15) is 0 Å². The Balaban J connectivity index is 1.64. The average Bonchev–Trinajstić information content (AvgIpc) is 2.66. The van der Waals surface area contributed by atoms with Gasteiger partial charge in [-0.15, -0.1) is 0 Å². The quantitative estimate of drug-likeness (QED) is 0.822. The Morgan fingerprint density at radius 3 is 2.65 bits per heavy atom. The van der Waals surface area contributed by atoms with E-state index >= 15 is 0 Å². The van der Waals surface area contributed by atoms with Crippen LogP contribution in [0.1, 0.15) is 18.9 Å². The molecule has 138 valence electrons. The lowest BCUT2D eigenvalue weighted by Gasteiger charge is -2.19. The molecule has 6 heteroatoms. The van der Waals surface area contributed by atoms with Gasteiger partial charge in [0.1, 0.15) is 13.2 Å². The third kappa shape index (κ3) is 4.39. The molecule has 0 unspecified atom stereocenters. The number of methoxy groups -OCH3 is 1. The van der Waals surface area contributed by atoms with Crippen LogP contribution in [-0.4, -0.2) is 32.8 Å². The van der Waals surface area contributed by atoms with Gasteiger partial charge in [0.2, 0.25) is 5.91 Å². The number of hydrogen-bond acceptors (Lipinski definition) is 5. The summed E-state index contributed by atoms with van der Waals surface area (Å²) in [7, 11) is 1.59. The molecule has 1 heterocycles. The molecular formula is C20H23NO5. The number of carbonyl (C=O) groups is 1. The molecule has 0 aromatic heterocycles. The van der Waals surface area contributed by atoms with E-state index in [1.165, 1.54) is 0 Å². The lowest BCUT2D eigenvalue weighted by Crippen LogP contribution is -2.17. The predicted octanol–water partition coefficient (Wildman–Crippen LogP) is 3.44. The molecule has 0 aliphatic carbocycles. The highest BCUT2D eigenvalue weighted by Crippen LogP contribution is 2.33. The van der Waals surface area contributed by atoms with Crippen molar-refractivity contribution in [2.24, 2.45) is 0 Å². The van der Waals surface area contributed by atoms with E-state index in [1.54, 1.807) is 25.3 Å². The van der Waals surface area contributed by atoms with Gasteiger partial charge < -0.3 is 24.3 Å². The van der Waals surface area contributed by atoms with Gasteiger partial charge in [0, 0.05) is 11.8 Å². The maximum Gasteiger partial charge on any atom is 0.228 e. The van der Waals surface area contributed by atoms with Crippen molar-refractivity contribution in [2.75, 3.05) is 32.2 Å². The van der Waals surface area contributed by atoms with Crippen molar-refractivity contribution in [3.8, 4) is 23.0 Å². The lowest BCUT2D eigenvalue weighted by atomic mass is 10.1. The van der Waals surface area contributed by atoms with E-state index < -0.39 is 0 Å². The molecule has 6 nitrogen and oxygen atoms in total. The maximum atomic E-state index is 12.4. The smallest absolute Gasteiger partial charge is 0.228 e. The van der Waals surface area contributed by atoms with Crippen LogP contribution in [0.5, 0.6) is 23.0 Å². The Morgan fingerprint density at radius 2 is 1.88 bits per heavy atom. The highest BCUT2D eigenvalue weighted by molar-refractivity contribution is 5.92. The number of anilines is 1. The number of ether oxygens (including phenoxy) is 4. The Kier molecular flexibility index (Phi) is 5.84. The average molecular weight is 357 g/mol. The number of benzene rings is 2. The third-order valence-electron chi connectivity index (χ3n) is 3.88. The van der Waals surface area contributed by atoms with E-state index in [1.807, 2.05) is 25.1 Å². The fourth-order valence-corrected chi connectivity index (χ4v) is 2.66. The van der Waals surface area contributed by atoms with Crippen LogP contribution in [-0.2, 0) is 11.2 Å². The zero-order valence-corrected chi connectivity index (χ0v) is 15.0. The first-order valence-electron chi connectivity index (χ1n) is 8.69. The van der Waals surface area contributed by atoms with Gasteiger partial charge in [-0.25, -0.2) is 0 Å². The number of rotatable bonds is 7. The van der Waals surface area contributed by atoms with Crippen LogP contribution in [0.4, 0.5) is 5.69 Å². The number of amides is 1. The summed E-state index contributed by atoms with van der Waals surface area (Å²) < 4.78 is 22.0. The molecule has 0 atom stereocenters. The highest BCUT2D eigenvalue weighted by atomic mass is 16.6. The first-order chi connectivity index (χ1) is 12.7. The molecule has 1 amide bonds. The lowest BCUT2D eigenvalue weighted by molar-refractivity contribution is -0.115. The minimum atomic E-state index is -0.119. The van der Waals surface area contributed by atoms with Gasteiger partial charge in [0.25, 0.3) is 0 Å². The Hall–Kier alpha value is -2.89. The van der Waals surface area contributed by atoms with Crippen molar-refractivity contribution in [3.05, 3.63) is 42.0 Å². The molecule has 0 bridgehead atoms. The fraction of sp³-hybridized carbons (Fsp3) is 0.350. The number of carbonyl (C=O) groups excluding carboxylic acids is 1. The van der Waals surface area contributed by atoms with Crippen molar-refractivity contribution >= 4 is 11.6 Å². The summed E-state index contributed by atoms with van der Waals surface area (Å²) in [4.78, 5) is 12.4. The van der Waals surface area contributed by atoms with E-state index in [0.29, 0.717) is 48.5 Å². The van der Waals surface area contributed by atoms with Crippen molar-refractivity contribution in [3.63, 3.8) is 0 Å². The zero-order valence-electron chi connectivity index (χ0n) is 15.0. The molecule has 0 fully saturated rings. The molecule has 3 rings (SSSR count). The second-order valence-electron chi connectivity index (χ2n) is 5.92. The molecule has 0 saturated heterocycles. The third-order valence-corrected chi connectivity index (χ3v) is 3.88. The van der Waals surface area contributed by atoms with Crippen LogP contribution < -0.4 is 24.3 Å². The minimum absolute atomic E-state index is 0.119. The second-order valence-corrected chi connectivity index (χ2v) is 5.92. The first kappa shape index (κ1) is 17.9. The number of nitrogens with one attached hydrogen (secondary N) is 1. The van der Waals surface area contributed by atoms with Gasteiger partial charge in [-0.1, -0.05) is 13.0 Å². The van der Waals surface area contributed by atoms with Gasteiger partial charge in [0.05, 0.1) is 20.1 Å². The summed E-state index contributed by atoms with van der Waals surface area (Å²) in [6.45, 7) is 3.72. The summed E-state index contributed by atoms with van der Waals surface area (Å²) in [5, 5.41) is 2.88. The summed E-state index contributed by atoms with van der Waals surface area (Å²) >= 11 is 0. The summed E-state index contributed by atoms with van der Waals surface area (Å²) in [6, 6.07) is 10.9. The molecule has 2 aromatic rings. The molecule has 0 saturated carbocycles. The predicted molar refractivity (Wildman–Crippen MR) is 98.5 cm³/mol. The summed E-state index contributed by atoms with van der Waals surface area (Å²) in [5.41, 5.74) is 1.52. The van der Waals surface area contributed by atoms with Crippen LogP contribution in [0, 0.1) is 0 Å². The molecule has 2 aromatic carbocycles. The topological polar surface area (TPSA) is 66.0 Å². The maximum absolute atomic E-state index is 12.4. The first-order valence-corrected chi connectivity index (χ1v) is 8.69. The van der Waals surface area contributed by atoms with Crippen molar-refractivity contribution in [2.45, 2.75) is 19.8 Å². The minimum Gasteiger partial charge on any atom is -0.493 e. The summed E-state index contributed by atoms with van der Waals surface area (Å²) in [6.07, 6.45) is 1.15. The Morgan fingerprint density at radius 1 is 1.08 bits per heavy atom. The van der Waals surface area contributed by atoms with Crippen LogP contribution in [0.15, 0.2) is 36.4 Å². The molecule has 1 aliphatic rings. The largest absolute Gasteiger partial charge is 0.493 e. The zero-order chi connectivity index (χ0) is 18.4. The summed E-state index contributed by atoms with van der Waals surface area (Å²) in [5.74, 6) is 2.54. The van der Waals surface area contributed by atoms with E-state index in [2.05, 4.69) is 5.32 Å². The van der Waals surface area contributed by atoms with Gasteiger partial charge >= 0.3 is 0 Å². The van der Waals surface area contributed by atoms with E-state index in [-0.39, 0.29) is 12.3 Å². The van der Waals surface area contributed by atoms with Crippen LogP contribution in [0.25, 0.3) is 0 Å². The molecule has 1 N–H and O–H groups in total. The SMILES string of the molecule is CCCOc1ccc(CC(=O)Nc2ccc3c(c2)OCCO3)cc1OC. The van der Waals surface area contributed by atoms with Crippen LogP contribution >= 0.6 is 0 Å². The molecule has 0 spiro atoms. The van der Waals surface area contributed by atoms with Gasteiger partial charge in [0.15, 0.2) is 23.0 Å². The standard InChI is InChI=1S/C20H23NO5/c1-3-8-24-16-6-4-14(11-18(16)23-2)12-20(22)21-15-5-7-17-19(13-15)26-10-9-25-17/h4-7,11,13H,3,8-10,12H2,1-2H3,(H,21,22). The van der Waals surface area contributed by atoms with E-state index in [4.69, 9.17) is 18.9 Å². The Labute approximate surface area is 153 Å². The molecule has 0 radical (unpaired) electrons. The van der Waals surface area contributed by atoms with Crippen LogP contribution in [0.2, 0.25) is 0 Å². The second kappa shape index (κ2) is 8.47. The monoisotopic (exact) mass is 357 g/mol. The van der Waals surface area contributed by atoms with Gasteiger partial charge in [-0.05, 0) is 36.2 Å². The van der Waals surface area contributed by atoms with Crippen LogP contribution in [0.3, 0.4) is 0 Å². The normalized spacial score (nSPS) is 12.4. The fourth-order valence-electron chi connectivity index (χ4n) is 2.66. The molecule has 1 aliphatic heterocycles. The number of hydrogen-bond donors (Lipinski definition) is 1. The highest BCUT2D eigenvalue weighted by Gasteiger charge is 2.13. The number of fused-ring (bicyclic) bond motifs is 1.